The lowest BCUT2D eigenvalue weighted by Crippen LogP contribution is -2.52. The number of piperazine rings is 1. The van der Waals surface area contributed by atoms with Crippen LogP contribution in [0.25, 0.3) is 38.4 Å². The van der Waals surface area contributed by atoms with Crippen LogP contribution in [0.4, 0.5) is 4.39 Å². The Bertz CT molecular complexity index is 3240. The van der Waals surface area contributed by atoms with Crippen LogP contribution >= 0.6 is 11.6 Å². The van der Waals surface area contributed by atoms with Crippen LogP contribution in [0.15, 0.2) is 85.2 Å². The molecular weight excluding hydrogens is 919 g/mol. The van der Waals surface area contributed by atoms with Gasteiger partial charge in [0.1, 0.15) is 29.1 Å². The summed E-state index contributed by atoms with van der Waals surface area (Å²) in [6.07, 6.45) is 6.52. The third-order valence-electron chi connectivity index (χ3n) is 13.6. The van der Waals surface area contributed by atoms with Gasteiger partial charge in [-0.25, -0.2) is 18.7 Å². The largest absolute Gasteiger partial charge is 0.493 e. The zero-order valence-corrected chi connectivity index (χ0v) is 39.2. The molecule has 2 N–H and O–H groups in total. The number of ether oxygens (including phenoxy) is 2. The number of rotatable bonds is 16. The summed E-state index contributed by atoms with van der Waals surface area (Å²) in [5.74, 6) is -1.84. The number of aromatic carboxylic acids is 1. The predicted octanol–water partition coefficient (Wildman–Crippen LogP) is 6.94. The first kappa shape index (κ1) is 46.4. The van der Waals surface area contributed by atoms with Gasteiger partial charge >= 0.3 is 5.97 Å². The minimum Gasteiger partial charge on any atom is -0.493 e. The van der Waals surface area contributed by atoms with Crippen molar-refractivity contribution in [1.82, 2.24) is 39.2 Å². The van der Waals surface area contributed by atoms with Gasteiger partial charge in [0.2, 0.25) is 11.8 Å². The molecule has 0 spiro atoms. The molecule has 2 fully saturated rings. The van der Waals surface area contributed by atoms with E-state index in [-0.39, 0.29) is 61.8 Å². The van der Waals surface area contributed by atoms with Crippen LogP contribution in [0, 0.1) is 5.82 Å². The fourth-order valence-electron chi connectivity index (χ4n) is 10.1. The normalized spacial score (nSPS) is 16.4. The number of aryl methyl sites for hydroxylation is 2. The van der Waals surface area contributed by atoms with E-state index in [4.69, 9.17) is 26.1 Å². The predicted molar refractivity (Wildman–Crippen MR) is 259 cm³/mol. The summed E-state index contributed by atoms with van der Waals surface area (Å²) in [6, 6.07) is 19.9. The molecule has 0 radical (unpaired) electrons. The number of carboxylic acids is 1. The summed E-state index contributed by atoms with van der Waals surface area (Å²) in [6.45, 7) is 4.90. The topological polar surface area (TPSA) is 181 Å². The summed E-state index contributed by atoms with van der Waals surface area (Å²) >= 11 is 7.13. The maximum Gasteiger partial charge on any atom is 0.352 e. The second-order valence-corrected chi connectivity index (χ2v) is 18.3. The lowest BCUT2D eigenvalue weighted by atomic mass is 10.0. The van der Waals surface area contributed by atoms with Crippen LogP contribution in [0.3, 0.4) is 0 Å². The number of carbonyl (C=O) groups is 5. The first-order valence-corrected chi connectivity index (χ1v) is 24.0. The van der Waals surface area contributed by atoms with Crippen molar-refractivity contribution in [2.75, 3.05) is 45.9 Å². The highest BCUT2D eigenvalue weighted by molar-refractivity contribution is 6.35. The number of nitrogens with one attached hydrogen (secondary N) is 1. The molecule has 0 aliphatic carbocycles. The van der Waals surface area contributed by atoms with E-state index in [0.29, 0.717) is 108 Å². The third-order valence-corrected chi connectivity index (χ3v) is 13.9. The van der Waals surface area contributed by atoms with Crippen LogP contribution in [-0.4, -0.2) is 121 Å². The second-order valence-electron chi connectivity index (χ2n) is 17.9. The van der Waals surface area contributed by atoms with Crippen LogP contribution < -0.4 is 14.8 Å². The number of hydrogen-bond acceptors (Lipinski definition) is 10. The van der Waals surface area contributed by atoms with Gasteiger partial charge in [-0.05, 0) is 85.2 Å². The molecule has 10 rings (SSSR count). The summed E-state index contributed by atoms with van der Waals surface area (Å²) in [5, 5.41) is 20.6. The lowest BCUT2D eigenvalue weighted by molar-refractivity contribution is -0.137. The van der Waals surface area contributed by atoms with Gasteiger partial charge in [0.15, 0.2) is 12.3 Å². The summed E-state index contributed by atoms with van der Waals surface area (Å²) in [4.78, 5) is 75.1. The Kier molecular flexibility index (Phi) is 13.0. The van der Waals surface area contributed by atoms with Crippen molar-refractivity contribution in [3.63, 3.8) is 0 Å². The molecule has 4 amide bonds. The number of carboxylic acid groups (broad SMARTS) is 1. The fourth-order valence-corrected chi connectivity index (χ4v) is 10.4. The molecule has 1 atom stereocenters. The molecule has 6 heterocycles. The minimum absolute atomic E-state index is 0.124. The molecule has 3 aromatic heterocycles. The number of hydrogen-bond donors (Lipinski definition) is 2. The van der Waals surface area contributed by atoms with E-state index in [0.717, 1.165) is 34.7 Å². The van der Waals surface area contributed by atoms with Crippen LogP contribution in [0.1, 0.15) is 70.3 Å². The van der Waals surface area contributed by atoms with Crippen LogP contribution in [0.5, 0.6) is 11.5 Å². The van der Waals surface area contributed by atoms with Gasteiger partial charge in [0.05, 0.1) is 35.5 Å². The highest BCUT2D eigenvalue weighted by atomic mass is 35.5. The first-order valence-electron chi connectivity index (χ1n) is 23.6. The van der Waals surface area contributed by atoms with E-state index in [1.165, 1.54) is 17.0 Å². The van der Waals surface area contributed by atoms with Gasteiger partial charge in [0, 0.05) is 85.0 Å². The highest BCUT2D eigenvalue weighted by Crippen LogP contribution is 2.41. The Balaban J connectivity index is 0.864. The van der Waals surface area contributed by atoms with Gasteiger partial charge in [-0.15, -0.1) is 0 Å². The highest BCUT2D eigenvalue weighted by Gasteiger charge is 2.40. The van der Waals surface area contributed by atoms with E-state index in [9.17, 15) is 33.5 Å². The molecule has 7 aromatic rings. The van der Waals surface area contributed by atoms with Gasteiger partial charge in [0.25, 0.3) is 11.8 Å². The van der Waals surface area contributed by atoms with E-state index < -0.39 is 17.9 Å². The average molecular weight is 969 g/mol. The quantitative estimate of drug-likeness (QED) is 0.0757. The van der Waals surface area contributed by atoms with Crippen molar-refractivity contribution < 1.29 is 42.9 Å². The standard InChI is InChI=1S/C52H50ClFN8O8/c1-2-6-33-18-19-62-49(56-33)38(28-55-62)46-40(53)15-14-36-35(9-5-26-69-42-10-3-7-31-27-32(54)12-13-34(31)42)48(52(67)68)60(47(36)46)25-22-58-20-23-59(24-21-58)45(64)30-70-43-11-4-8-37-39(43)29-61(51(37)66)41-16-17-44(63)57-50(41)65/h3-4,7-8,10-15,18-19,27-28,41H,2,5-6,9,16-17,20-26,29-30H2,1H3,(H,67,68)(H,57,63,65). The summed E-state index contributed by atoms with van der Waals surface area (Å²) in [7, 11) is 0. The monoisotopic (exact) mass is 968 g/mol. The molecule has 70 heavy (non-hydrogen) atoms. The number of carbonyl (C=O) groups excluding carboxylic acids is 4. The van der Waals surface area contributed by atoms with Crippen molar-refractivity contribution in [1.29, 1.82) is 0 Å². The van der Waals surface area contributed by atoms with E-state index in [1.807, 2.05) is 41.1 Å². The average Bonchev–Trinajstić information content (AvgIpc) is 4.02. The second kappa shape index (κ2) is 19.6. The number of imide groups is 1. The van der Waals surface area contributed by atoms with Gasteiger partial charge in [-0.1, -0.05) is 49.2 Å². The van der Waals surface area contributed by atoms with Gasteiger partial charge in [-0.3, -0.25) is 29.4 Å². The fraction of sp³-hybridized carbons (Fsp3) is 0.327. The maximum absolute atomic E-state index is 14.0. The Morgan fingerprint density at radius 1 is 0.914 bits per heavy atom. The van der Waals surface area contributed by atoms with Crippen LogP contribution in [0.2, 0.25) is 5.02 Å². The van der Waals surface area contributed by atoms with Crippen molar-refractivity contribution in [2.45, 2.75) is 64.6 Å². The zero-order chi connectivity index (χ0) is 48.6. The lowest BCUT2D eigenvalue weighted by Gasteiger charge is -2.35. The number of nitrogens with zero attached hydrogens (tertiary/aromatic N) is 7. The molecule has 18 heteroatoms. The summed E-state index contributed by atoms with van der Waals surface area (Å²) in [5.41, 5.74) is 5.27. The van der Waals surface area contributed by atoms with Crippen molar-refractivity contribution in [2.24, 2.45) is 0 Å². The van der Waals surface area contributed by atoms with Crippen molar-refractivity contribution in [3.05, 3.63) is 124 Å². The first-order chi connectivity index (χ1) is 34.0. The molecule has 3 aliphatic rings. The molecule has 0 saturated carbocycles. The number of benzene rings is 4. The van der Waals surface area contributed by atoms with Gasteiger partial charge < -0.3 is 28.9 Å². The van der Waals surface area contributed by atoms with Crippen molar-refractivity contribution in [3.8, 4) is 22.6 Å². The van der Waals surface area contributed by atoms with Crippen molar-refractivity contribution >= 4 is 68.5 Å². The molecule has 4 aromatic carbocycles. The van der Waals surface area contributed by atoms with E-state index in [2.05, 4.69) is 22.2 Å². The minimum atomic E-state index is -1.08. The molecule has 2 saturated heterocycles. The Labute approximate surface area is 406 Å². The number of aromatic nitrogens is 4. The summed E-state index contributed by atoms with van der Waals surface area (Å²) < 4.78 is 29.8. The number of halogens is 2. The number of amides is 4. The molecule has 16 nitrogen and oxygen atoms in total. The van der Waals surface area contributed by atoms with Crippen LogP contribution in [-0.2, 0) is 40.3 Å². The molecular formula is C52H50ClFN8O8. The number of piperidine rings is 1. The third kappa shape index (κ3) is 8.90. The SMILES string of the molecule is CCCc1ccn2ncc(-c3c(Cl)ccc4c(CCCOc5cccc6cc(F)ccc56)c(C(=O)O)n(CCN5CCN(C(=O)COc6cccc7c6CN(C6CCC(=O)NC6=O)C7=O)CC5)c34)c2n1. The number of fused-ring (bicyclic) bond motifs is 4. The van der Waals surface area contributed by atoms with Gasteiger partial charge in [-0.2, -0.15) is 5.10 Å². The smallest absolute Gasteiger partial charge is 0.352 e. The molecule has 3 aliphatic heterocycles. The Hall–Kier alpha value is -7.37. The van der Waals surface area contributed by atoms with E-state index >= 15 is 0 Å². The Morgan fingerprint density at radius 3 is 2.51 bits per heavy atom. The maximum atomic E-state index is 14.0. The molecule has 0 bridgehead atoms. The molecule has 1 unspecified atom stereocenters. The molecule has 360 valence electrons. The zero-order valence-electron chi connectivity index (χ0n) is 38.5. The Morgan fingerprint density at radius 2 is 1.71 bits per heavy atom. The van der Waals surface area contributed by atoms with E-state index in [1.54, 1.807) is 45.9 Å².